The van der Waals surface area contributed by atoms with Crippen LogP contribution in [0.1, 0.15) is 28.9 Å². The first kappa shape index (κ1) is 13.3. The molecular formula is C16H17N5O. The lowest BCUT2D eigenvalue weighted by atomic mass is 9.96. The van der Waals surface area contributed by atoms with Crippen molar-refractivity contribution in [2.75, 3.05) is 19.6 Å². The fourth-order valence-corrected chi connectivity index (χ4v) is 3.61. The lowest BCUT2D eigenvalue weighted by Gasteiger charge is -2.30. The minimum absolute atomic E-state index is 0.0588. The Morgan fingerprint density at radius 2 is 2.36 bits per heavy atom. The second-order valence-corrected chi connectivity index (χ2v) is 6.24. The third-order valence-corrected chi connectivity index (χ3v) is 4.64. The zero-order valence-corrected chi connectivity index (χ0v) is 12.2. The maximum atomic E-state index is 12.4. The molecule has 0 spiro atoms. The predicted molar refractivity (Wildman–Crippen MR) is 80.3 cm³/mol. The quantitative estimate of drug-likeness (QED) is 0.898. The van der Waals surface area contributed by atoms with E-state index in [0.717, 1.165) is 25.4 Å². The van der Waals surface area contributed by atoms with Gasteiger partial charge in [0.25, 0.3) is 5.91 Å². The molecule has 2 aliphatic heterocycles. The van der Waals surface area contributed by atoms with E-state index < -0.39 is 0 Å². The van der Waals surface area contributed by atoms with E-state index in [2.05, 4.69) is 15.2 Å². The molecule has 2 aromatic heterocycles. The number of hydrogen-bond donors (Lipinski definition) is 1. The molecule has 2 saturated heterocycles. The molecule has 2 bridgehead atoms. The Kier molecular flexibility index (Phi) is 3.09. The van der Waals surface area contributed by atoms with Crippen molar-refractivity contribution in [2.24, 2.45) is 5.92 Å². The number of pyridine rings is 1. The predicted octanol–water partition coefficient (Wildman–Crippen LogP) is 1.03. The molecule has 6 nitrogen and oxygen atoms in total. The normalized spacial score (nSPS) is 26.8. The number of amides is 1. The number of carbonyl (C=O) groups excluding carboxylic acids is 1. The van der Waals surface area contributed by atoms with Crippen molar-refractivity contribution in [3.8, 4) is 6.07 Å². The van der Waals surface area contributed by atoms with Gasteiger partial charge in [-0.1, -0.05) is 0 Å². The number of rotatable bonds is 2. The number of carbonyl (C=O) groups is 1. The van der Waals surface area contributed by atoms with Crippen molar-refractivity contribution in [1.29, 1.82) is 5.26 Å². The molecule has 2 aromatic rings. The third-order valence-electron chi connectivity index (χ3n) is 4.64. The second kappa shape index (κ2) is 5.11. The minimum atomic E-state index is -0.0588. The van der Waals surface area contributed by atoms with Crippen LogP contribution in [0.2, 0.25) is 0 Å². The zero-order valence-electron chi connectivity index (χ0n) is 12.2. The number of fused-ring (bicyclic) bond motifs is 3. The summed E-state index contributed by atoms with van der Waals surface area (Å²) in [6, 6.07) is 5.74. The van der Waals surface area contributed by atoms with Crippen LogP contribution in [-0.2, 0) is 0 Å². The molecule has 22 heavy (non-hydrogen) atoms. The average Bonchev–Trinajstić information content (AvgIpc) is 3.09. The van der Waals surface area contributed by atoms with Crippen molar-refractivity contribution in [3.63, 3.8) is 0 Å². The topological polar surface area (TPSA) is 73.4 Å². The van der Waals surface area contributed by atoms with Gasteiger partial charge in [-0.3, -0.25) is 4.79 Å². The maximum absolute atomic E-state index is 12.4. The van der Waals surface area contributed by atoms with Crippen molar-refractivity contribution in [3.05, 3.63) is 35.8 Å². The average molecular weight is 295 g/mol. The first-order valence-electron chi connectivity index (χ1n) is 7.63. The summed E-state index contributed by atoms with van der Waals surface area (Å²) in [7, 11) is 0. The third kappa shape index (κ3) is 2.34. The molecule has 3 atom stereocenters. The summed E-state index contributed by atoms with van der Waals surface area (Å²) in [5.74, 6) is 0.670. The number of piperidine rings is 1. The molecule has 2 aliphatic rings. The van der Waals surface area contributed by atoms with Crippen molar-refractivity contribution < 1.29 is 4.79 Å². The molecule has 1 amide bonds. The highest BCUT2D eigenvalue weighted by molar-refractivity contribution is 5.95. The van der Waals surface area contributed by atoms with E-state index in [4.69, 9.17) is 5.26 Å². The number of nitriles is 1. The summed E-state index contributed by atoms with van der Waals surface area (Å²) in [5, 5.41) is 12.0. The number of nitrogens with one attached hydrogen (secondary N) is 1. The first-order chi connectivity index (χ1) is 10.7. The van der Waals surface area contributed by atoms with Gasteiger partial charge in [-0.05, 0) is 37.4 Å². The Morgan fingerprint density at radius 1 is 1.45 bits per heavy atom. The monoisotopic (exact) mass is 295 g/mol. The van der Waals surface area contributed by atoms with E-state index in [1.54, 1.807) is 28.9 Å². The van der Waals surface area contributed by atoms with Crippen molar-refractivity contribution in [1.82, 2.24) is 19.6 Å². The molecule has 112 valence electrons. The number of nitrogens with zero attached hydrogens (tertiary/aromatic N) is 4. The first-order valence-corrected chi connectivity index (χ1v) is 7.63. The van der Waals surface area contributed by atoms with Crippen LogP contribution < -0.4 is 5.32 Å². The molecule has 4 rings (SSSR count). The van der Waals surface area contributed by atoms with Gasteiger partial charge in [0.15, 0.2) is 5.69 Å². The van der Waals surface area contributed by atoms with E-state index in [0.29, 0.717) is 16.9 Å². The van der Waals surface area contributed by atoms with Gasteiger partial charge < -0.3 is 14.6 Å². The molecule has 0 saturated carbocycles. The van der Waals surface area contributed by atoms with Crippen LogP contribution in [0.4, 0.5) is 0 Å². The molecule has 0 aliphatic carbocycles. The highest BCUT2D eigenvalue weighted by Gasteiger charge is 2.32. The van der Waals surface area contributed by atoms with Crippen molar-refractivity contribution in [2.45, 2.75) is 18.9 Å². The van der Waals surface area contributed by atoms with E-state index in [1.165, 1.54) is 13.0 Å². The van der Waals surface area contributed by atoms with Gasteiger partial charge in [-0.2, -0.15) is 5.26 Å². The van der Waals surface area contributed by atoms with Gasteiger partial charge in [-0.15, -0.1) is 0 Å². The summed E-state index contributed by atoms with van der Waals surface area (Å²) < 4.78 is 1.75. The van der Waals surface area contributed by atoms with Crippen LogP contribution in [0, 0.1) is 17.2 Å². The van der Waals surface area contributed by atoms with Gasteiger partial charge >= 0.3 is 0 Å². The van der Waals surface area contributed by atoms with Gasteiger partial charge in [0, 0.05) is 37.1 Å². The molecule has 6 heteroatoms. The lowest BCUT2D eigenvalue weighted by Crippen LogP contribution is -2.47. The highest BCUT2D eigenvalue weighted by atomic mass is 16.1. The summed E-state index contributed by atoms with van der Waals surface area (Å²) in [4.78, 5) is 19.0. The zero-order chi connectivity index (χ0) is 15.1. The molecule has 0 aromatic carbocycles. The van der Waals surface area contributed by atoms with Crippen LogP contribution in [0.15, 0.2) is 24.5 Å². The molecule has 0 radical (unpaired) electrons. The number of hydrogen-bond acceptors (Lipinski definition) is 4. The Morgan fingerprint density at radius 3 is 3.18 bits per heavy atom. The highest BCUT2D eigenvalue weighted by Crippen LogP contribution is 2.26. The Labute approximate surface area is 128 Å². The molecule has 4 heterocycles. The van der Waals surface area contributed by atoms with Crippen molar-refractivity contribution >= 4 is 11.6 Å². The van der Waals surface area contributed by atoms with Gasteiger partial charge in [0.2, 0.25) is 0 Å². The van der Waals surface area contributed by atoms with Crippen LogP contribution in [0.3, 0.4) is 0 Å². The molecular weight excluding hydrogens is 278 g/mol. The van der Waals surface area contributed by atoms with E-state index >= 15 is 0 Å². The van der Waals surface area contributed by atoms with Gasteiger partial charge in [-0.25, -0.2) is 4.98 Å². The Bertz CT molecular complexity index is 762. The standard InChI is InChI=1S/C16H17N5O/c17-7-14-10-21-4-2-12(6-15(21)18-14)16(22)19-13-5-11-1-3-20(8-11)9-13/h2,4,6,10-11,13H,1,3,5,8-9H2,(H,19,22). The van der Waals surface area contributed by atoms with Gasteiger partial charge in [0.1, 0.15) is 11.7 Å². The van der Waals surface area contributed by atoms with E-state index in [-0.39, 0.29) is 11.9 Å². The van der Waals surface area contributed by atoms with Crippen LogP contribution >= 0.6 is 0 Å². The lowest BCUT2D eigenvalue weighted by molar-refractivity contribution is 0.0909. The summed E-state index contributed by atoms with van der Waals surface area (Å²) >= 11 is 0. The van der Waals surface area contributed by atoms with Crippen LogP contribution in [0.5, 0.6) is 0 Å². The largest absolute Gasteiger partial charge is 0.348 e. The van der Waals surface area contributed by atoms with E-state index in [9.17, 15) is 4.79 Å². The summed E-state index contributed by atoms with van der Waals surface area (Å²) in [5.41, 5.74) is 1.57. The van der Waals surface area contributed by atoms with E-state index in [1.807, 2.05) is 6.07 Å². The number of imidazole rings is 1. The SMILES string of the molecule is N#Cc1cn2ccc(C(=O)NC3CC4CCN(C4)C3)cc2n1. The fourth-order valence-electron chi connectivity index (χ4n) is 3.61. The molecule has 3 unspecified atom stereocenters. The Hall–Kier alpha value is -2.39. The summed E-state index contributed by atoms with van der Waals surface area (Å²) in [6.07, 6.45) is 5.76. The van der Waals surface area contributed by atoms with Crippen LogP contribution in [-0.4, -0.2) is 45.9 Å². The number of aromatic nitrogens is 2. The second-order valence-electron chi connectivity index (χ2n) is 6.24. The van der Waals surface area contributed by atoms with Crippen LogP contribution in [0.25, 0.3) is 5.65 Å². The summed E-state index contributed by atoms with van der Waals surface area (Å²) in [6.45, 7) is 3.30. The maximum Gasteiger partial charge on any atom is 0.251 e. The molecule has 1 N–H and O–H groups in total. The smallest absolute Gasteiger partial charge is 0.251 e. The fraction of sp³-hybridized carbons (Fsp3) is 0.438. The Balaban J connectivity index is 1.51. The van der Waals surface area contributed by atoms with Gasteiger partial charge in [0.05, 0.1) is 0 Å². The molecule has 2 fully saturated rings. The minimum Gasteiger partial charge on any atom is -0.348 e.